The van der Waals surface area contributed by atoms with Crippen LogP contribution in [0.1, 0.15) is 34.4 Å². The predicted molar refractivity (Wildman–Crippen MR) is 177 cm³/mol. The zero-order chi connectivity index (χ0) is 28.8. The molecule has 0 amide bonds. The summed E-state index contributed by atoms with van der Waals surface area (Å²) in [6.45, 7) is 2.04. The lowest BCUT2D eigenvalue weighted by Crippen LogP contribution is -2.40. The smallest absolute Gasteiger partial charge is 0.0727 e. The van der Waals surface area contributed by atoms with Crippen LogP contribution >= 0.6 is 0 Å². The fourth-order valence-corrected chi connectivity index (χ4v) is 7.11. The van der Waals surface area contributed by atoms with E-state index in [1.165, 1.54) is 43.8 Å². The van der Waals surface area contributed by atoms with Gasteiger partial charge < -0.3 is 0 Å². The molecule has 2 heteroatoms. The summed E-state index contributed by atoms with van der Waals surface area (Å²) >= 11 is 0. The average molecular weight is 553 g/mol. The van der Waals surface area contributed by atoms with E-state index in [1.54, 1.807) is 0 Å². The van der Waals surface area contributed by atoms with Gasteiger partial charge in [0.2, 0.25) is 0 Å². The summed E-state index contributed by atoms with van der Waals surface area (Å²) in [6, 6.07) is 35.4. The van der Waals surface area contributed by atoms with Gasteiger partial charge in [-0.25, -0.2) is 4.98 Å². The van der Waals surface area contributed by atoms with E-state index in [0.29, 0.717) is 0 Å². The van der Waals surface area contributed by atoms with E-state index >= 15 is 0 Å². The molecule has 43 heavy (non-hydrogen) atoms. The summed E-state index contributed by atoms with van der Waals surface area (Å²) < 4.78 is 0. The maximum absolute atomic E-state index is 5.09. The van der Waals surface area contributed by atoms with Gasteiger partial charge in [0.25, 0.3) is 0 Å². The highest BCUT2D eigenvalue weighted by atomic mass is 14.7. The van der Waals surface area contributed by atoms with Crippen molar-refractivity contribution in [1.29, 1.82) is 0 Å². The van der Waals surface area contributed by atoms with Crippen molar-refractivity contribution in [1.82, 2.24) is 9.97 Å². The third-order valence-electron chi connectivity index (χ3n) is 9.14. The molecule has 0 aliphatic heterocycles. The summed E-state index contributed by atoms with van der Waals surface area (Å²) in [5.41, 5.74) is 13.3. The molecule has 0 saturated carbocycles. The number of aromatic nitrogens is 2. The van der Waals surface area contributed by atoms with Gasteiger partial charge in [-0.05, 0) is 93.9 Å². The predicted octanol–water partition coefficient (Wildman–Crippen LogP) is 7.85. The first-order valence-corrected chi connectivity index (χ1v) is 15.2. The molecule has 2 nitrogen and oxygen atoms in total. The van der Waals surface area contributed by atoms with Gasteiger partial charge in [0.1, 0.15) is 0 Å². The minimum atomic E-state index is 0.249. The molecule has 0 bridgehead atoms. The molecule has 0 saturated heterocycles. The maximum atomic E-state index is 5.09. The molecule has 8 rings (SSSR count). The third kappa shape index (κ3) is 4.51. The Morgan fingerprint density at radius 2 is 1.37 bits per heavy atom. The Labute approximate surface area is 252 Å². The number of rotatable bonds is 4. The van der Waals surface area contributed by atoms with Gasteiger partial charge in [-0.2, -0.15) is 0 Å². The van der Waals surface area contributed by atoms with Crippen molar-refractivity contribution in [2.45, 2.75) is 19.8 Å². The van der Waals surface area contributed by atoms with Crippen LogP contribution in [0.3, 0.4) is 0 Å². The molecule has 2 aromatic heterocycles. The van der Waals surface area contributed by atoms with Crippen LogP contribution in [-0.4, -0.2) is 9.97 Å². The lowest BCUT2D eigenvalue weighted by atomic mass is 9.70. The van der Waals surface area contributed by atoms with Crippen LogP contribution < -0.4 is 10.4 Å². The molecule has 5 aromatic rings. The van der Waals surface area contributed by atoms with E-state index < -0.39 is 0 Å². The highest BCUT2D eigenvalue weighted by Crippen LogP contribution is 2.41. The molecular weight excluding hydrogens is 520 g/mol. The molecule has 2 unspecified atom stereocenters. The van der Waals surface area contributed by atoms with Gasteiger partial charge in [0.15, 0.2) is 0 Å². The van der Waals surface area contributed by atoms with Crippen molar-refractivity contribution in [3.63, 3.8) is 0 Å². The van der Waals surface area contributed by atoms with Crippen LogP contribution in [0.4, 0.5) is 0 Å². The van der Waals surface area contributed by atoms with Crippen LogP contribution in [0.25, 0.3) is 39.7 Å². The number of nitrogens with zero attached hydrogens (tertiary/aromatic N) is 2. The quantitative estimate of drug-likeness (QED) is 0.227. The van der Waals surface area contributed by atoms with E-state index in [2.05, 4.69) is 132 Å². The van der Waals surface area contributed by atoms with E-state index in [9.17, 15) is 0 Å². The number of hydrogen-bond acceptors (Lipinski definition) is 2. The molecule has 0 fully saturated rings. The number of aryl methyl sites for hydroxylation is 2. The van der Waals surface area contributed by atoms with Crippen LogP contribution in [0.15, 0.2) is 134 Å². The normalized spacial score (nSPS) is 18.3. The average Bonchev–Trinajstić information content (AvgIpc) is 3.07. The van der Waals surface area contributed by atoms with E-state index in [0.717, 1.165) is 41.1 Å². The number of allylic oxidation sites excluding steroid dienone is 5. The van der Waals surface area contributed by atoms with E-state index in [-0.39, 0.29) is 11.8 Å². The van der Waals surface area contributed by atoms with Crippen molar-refractivity contribution in [2.24, 2.45) is 11.8 Å². The number of pyridine rings is 2. The first kappa shape index (κ1) is 25.6. The molecule has 3 aliphatic carbocycles. The summed E-state index contributed by atoms with van der Waals surface area (Å²) in [4.78, 5) is 9.57. The highest BCUT2D eigenvalue weighted by molar-refractivity contribution is 5.83. The second-order valence-electron chi connectivity index (χ2n) is 11.7. The largest absolute Gasteiger partial charge is 0.261 e. The molecule has 0 N–H and O–H groups in total. The summed E-state index contributed by atoms with van der Waals surface area (Å²) in [5, 5.41) is 2.66. The van der Waals surface area contributed by atoms with Gasteiger partial charge in [0.05, 0.1) is 11.4 Å². The first-order valence-electron chi connectivity index (χ1n) is 15.2. The van der Waals surface area contributed by atoms with Gasteiger partial charge in [-0.1, -0.05) is 103 Å². The Morgan fingerprint density at radius 3 is 2.16 bits per heavy atom. The monoisotopic (exact) mass is 552 g/mol. The second kappa shape index (κ2) is 10.6. The van der Waals surface area contributed by atoms with Gasteiger partial charge in [0, 0.05) is 34.9 Å². The van der Waals surface area contributed by atoms with Gasteiger partial charge >= 0.3 is 0 Å². The SMILES string of the molecule is Cc1ncccc1-c1cccc(-c2cccc(C3=c4ccccc4=C(c4ccc5c(c4)CCC=C5)C4C=CC=CC34)c2)n1. The number of benzene rings is 3. The molecule has 2 heterocycles. The molecule has 3 aromatic carbocycles. The van der Waals surface area contributed by atoms with Crippen molar-refractivity contribution in [3.8, 4) is 22.5 Å². The topological polar surface area (TPSA) is 25.8 Å². The van der Waals surface area contributed by atoms with E-state index in [4.69, 9.17) is 4.98 Å². The van der Waals surface area contributed by atoms with Crippen LogP contribution in [0, 0.1) is 18.8 Å². The van der Waals surface area contributed by atoms with Crippen molar-refractivity contribution < 1.29 is 0 Å². The summed E-state index contributed by atoms with van der Waals surface area (Å²) in [7, 11) is 0. The standard InChI is InChI=1S/C41H32N2/c1-27-33(19-10-24-42-27)39-21-9-20-38(43-39)30-13-8-14-31(26-30)40-34-15-4-6-17-36(34)41(37-18-7-5-16-35(37)40)32-23-22-28-11-2-3-12-29(28)25-32/h2,4-11,13-26,34,36H,3,12H2,1H3. The zero-order valence-corrected chi connectivity index (χ0v) is 24.2. The molecule has 0 radical (unpaired) electrons. The van der Waals surface area contributed by atoms with Crippen molar-refractivity contribution in [2.75, 3.05) is 0 Å². The fourth-order valence-electron chi connectivity index (χ4n) is 7.11. The first-order chi connectivity index (χ1) is 21.2. The molecule has 206 valence electrons. The van der Waals surface area contributed by atoms with Crippen molar-refractivity contribution >= 4 is 17.2 Å². The van der Waals surface area contributed by atoms with Crippen molar-refractivity contribution in [3.05, 3.63) is 172 Å². The Bertz CT molecular complexity index is 2110. The minimum Gasteiger partial charge on any atom is -0.261 e. The lowest BCUT2D eigenvalue weighted by molar-refractivity contribution is 0.686. The highest BCUT2D eigenvalue weighted by Gasteiger charge is 2.32. The van der Waals surface area contributed by atoms with E-state index in [1.807, 2.05) is 19.2 Å². The Kier molecular flexibility index (Phi) is 6.34. The summed E-state index contributed by atoms with van der Waals surface area (Å²) in [5.74, 6) is 0.518. The maximum Gasteiger partial charge on any atom is 0.0727 e. The molecule has 0 spiro atoms. The summed E-state index contributed by atoms with van der Waals surface area (Å²) in [6.07, 6.45) is 17.9. The number of hydrogen-bond donors (Lipinski definition) is 0. The van der Waals surface area contributed by atoms with Gasteiger partial charge in [-0.15, -0.1) is 0 Å². The number of fused-ring (bicyclic) bond motifs is 3. The van der Waals surface area contributed by atoms with Gasteiger partial charge in [-0.3, -0.25) is 4.98 Å². The minimum absolute atomic E-state index is 0.249. The fraction of sp³-hybridized carbons (Fsp3) is 0.122. The Morgan fingerprint density at radius 1 is 0.651 bits per heavy atom. The third-order valence-corrected chi connectivity index (χ3v) is 9.14. The zero-order valence-electron chi connectivity index (χ0n) is 24.2. The Hall–Kier alpha value is -5.08. The van der Waals surface area contributed by atoms with Crippen LogP contribution in [-0.2, 0) is 6.42 Å². The molecule has 3 aliphatic rings. The molecular formula is C41H32N2. The van der Waals surface area contributed by atoms with Crippen LogP contribution in [0.2, 0.25) is 0 Å². The lowest BCUT2D eigenvalue weighted by Gasteiger charge is -2.33. The second-order valence-corrected chi connectivity index (χ2v) is 11.7. The molecule has 2 atom stereocenters. The Balaban J connectivity index is 1.32. The van der Waals surface area contributed by atoms with Crippen LogP contribution in [0.5, 0.6) is 0 Å².